The van der Waals surface area contributed by atoms with E-state index >= 15 is 0 Å². The summed E-state index contributed by atoms with van der Waals surface area (Å²) in [6.45, 7) is 3.66. The van der Waals surface area contributed by atoms with Crippen molar-refractivity contribution in [1.82, 2.24) is 10.3 Å². The number of ether oxygens (including phenoxy) is 1. The maximum absolute atomic E-state index is 5.55. The van der Waals surface area contributed by atoms with E-state index in [1.54, 1.807) is 6.39 Å². The van der Waals surface area contributed by atoms with Crippen molar-refractivity contribution in [3.05, 3.63) is 17.8 Å². The van der Waals surface area contributed by atoms with Gasteiger partial charge >= 0.3 is 0 Å². The zero-order valence-corrected chi connectivity index (χ0v) is 10.0. The summed E-state index contributed by atoms with van der Waals surface area (Å²) in [7, 11) is 1.92. The summed E-state index contributed by atoms with van der Waals surface area (Å²) in [5.41, 5.74) is 1.04. The van der Waals surface area contributed by atoms with Crippen LogP contribution in [0.5, 0.6) is 0 Å². The number of hydrogen-bond donors (Lipinski definition) is 1. The number of oxazole rings is 1. The first-order valence-corrected chi connectivity index (χ1v) is 6.01. The maximum atomic E-state index is 5.55. The van der Waals surface area contributed by atoms with E-state index in [1.807, 2.05) is 7.05 Å². The van der Waals surface area contributed by atoms with Gasteiger partial charge in [0.15, 0.2) is 6.39 Å². The van der Waals surface area contributed by atoms with Gasteiger partial charge in [-0.2, -0.15) is 0 Å². The topological polar surface area (TPSA) is 47.3 Å². The van der Waals surface area contributed by atoms with Gasteiger partial charge in [-0.3, -0.25) is 0 Å². The molecule has 90 valence electrons. The second kappa shape index (κ2) is 5.46. The summed E-state index contributed by atoms with van der Waals surface area (Å²) in [6, 6.07) is 0. The Hall–Kier alpha value is -0.870. The van der Waals surface area contributed by atoms with Crippen LogP contribution in [0.4, 0.5) is 0 Å². The number of aromatic nitrogens is 1. The molecule has 4 nitrogen and oxygen atoms in total. The minimum absolute atomic E-state index is 0.477. The molecular weight excluding hydrogens is 204 g/mol. The SMILES string of the molecule is CCOC1CC(Cc2ocnc2CNC)C1. The number of rotatable bonds is 6. The Morgan fingerprint density at radius 3 is 3.06 bits per heavy atom. The van der Waals surface area contributed by atoms with Gasteiger partial charge in [0.05, 0.1) is 11.8 Å². The zero-order valence-electron chi connectivity index (χ0n) is 10.0. The van der Waals surface area contributed by atoms with Crippen LogP contribution in [0.1, 0.15) is 31.2 Å². The van der Waals surface area contributed by atoms with Gasteiger partial charge in [0.2, 0.25) is 0 Å². The summed E-state index contributed by atoms with van der Waals surface area (Å²) in [4.78, 5) is 4.21. The van der Waals surface area contributed by atoms with Gasteiger partial charge < -0.3 is 14.5 Å². The van der Waals surface area contributed by atoms with Crippen molar-refractivity contribution in [2.24, 2.45) is 5.92 Å². The molecule has 0 aromatic carbocycles. The van der Waals surface area contributed by atoms with E-state index < -0.39 is 0 Å². The molecule has 1 heterocycles. The quantitative estimate of drug-likeness (QED) is 0.799. The molecule has 0 aliphatic heterocycles. The van der Waals surface area contributed by atoms with E-state index in [1.165, 1.54) is 0 Å². The number of nitrogens with zero attached hydrogens (tertiary/aromatic N) is 1. The van der Waals surface area contributed by atoms with Gasteiger partial charge in [-0.25, -0.2) is 4.98 Å². The Labute approximate surface area is 96.4 Å². The van der Waals surface area contributed by atoms with E-state index in [-0.39, 0.29) is 0 Å². The molecule has 1 N–H and O–H groups in total. The second-order valence-corrected chi connectivity index (χ2v) is 4.37. The van der Waals surface area contributed by atoms with Crippen molar-refractivity contribution in [2.45, 2.75) is 38.8 Å². The minimum Gasteiger partial charge on any atom is -0.448 e. The Morgan fingerprint density at radius 1 is 1.56 bits per heavy atom. The van der Waals surface area contributed by atoms with E-state index in [0.717, 1.165) is 43.9 Å². The Kier molecular flexibility index (Phi) is 3.96. The molecule has 0 atom stereocenters. The molecule has 0 unspecified atom stereocenters. The third kappa shape index (κ3) is 2.62. The van der Waals surface area contributed by atoms with Crippen molar-refractivity contribution < 1.29 is 9.15 Å². The predicted octanol–water partition coefficient (Wildman–Crippen LogP) is 1.75. The average Bonchev–Trinajstić information content (AvgIpc) is 2.63. The van der Waals surface area contributed by atoms with Crippen LogP contribution in [-0.2, 0) is 17.7 Å². The van der Waals surface area contributed by atoms with Crippen LogP contribution in [0.2, 0.25) is 0 Å². The minimum atomic E-state index is 0.477. The molecule has 1 aliphatic carbocycles. The first-order chi connectivity index (χ1) is 7.83. The third-order valence-corrected chi connectivity index (χ3v) is 3.14. The Morgan fingerprint density at radius 2 is 2.38 bits per heavy atom. The summed E-state index contributed by atoms with van der Waals surface area (Å²) in [5.74, 6) is 1.74. The van der Waals surface area contributed by atoms with Gasteiger partial charge in [0, 0.05) is 19.6 Å². The first kappa shape index (κ1) is 11.6. The van der Waals surface area contributed by atoms with Gasteiger partial charge in [-0.05, 0) is 32.7 Å². The highest BCUT2D eigenvalue weighted by Crippen LogP contribution is 2.33. The van der Waals surface area contributed by atoms with Crippen LogP contribution >= 0.6 is 0 Å². The third-order valence-electron chi connectivity index (χ3n) is 3.14. The lowest BCUT2D eigenvalue weighted by atomic mass is 9.79. The average molecular weight is 224 g/mol. The lowest BCUT2D eigenvalue weighted by Crippen LogP contribution is -2.32. The molecule has 1 aliphatic rings. The van der Waals surface area contributed by atoms with Crippen molar-refractivity contribution in [1.29, 1.82) is 0 Å². The largest absolute Gasteiger partial charge is 0.448 e. The number of nitrogens with one attached hydrogen (secondary N) is 1. The lowest BCUT2D eigenvalue weighted by Gasteiger charge is -2.34. The smallest absolute Gasteiger partial charge is 0.181 e. The van der Waals surface area contributed by atoms with E-state index in [2.05, 4.69) is 17.2 Å². The van der Waals surface area contributed by atoms with Crippen LogP contribution in [0.25, 0.3) is 0 Å². The highest BCUT2D eigenvalue weighted by Gasteiger charge is 2.30. The molecule has 0 spiro atoms. The normalized spacial score (nSPS) is 24.4. The predicted molar refractivity (Wildman–Crippen MR) is 61.1 cm³/mol. The fourth-order valence-electron chi connectivity index (χ4n) is 2.25. The van der Waals surface area contributed by atoms with Gasteiger partial charge in [0.1, 0.15) is 5.76 Å². The molecule has 1 fully saturated rings. The van der Waals surface area contributed by atoms with Gasteiger partial charge in [-0.15, -0.1) is 0 Å². The molecule has 0 bridgehead atoms. The Balaban J connectivity index is 1.79. The van der Waals surface area contributed by atoms with Crippen molar-refractivity contribution in [3.63, 3.8) is 0 Å². The molecule has 4 heteroatoms. The van der Waals surface area contributed by atoms with Crippen molar-refractivity contribution >= 4 is 0 Å². The van der Waals surface area contributed by atoms with Crippen LogP contribution in [-0.4, -0.2) is 24.7 Å². The molecule has 1 saturated carbocycles. The van der Waals surface area contributed by atoms with E-state index in [4.69, 9.17) is 9.15 Å². The second-order valence-electron chi connectivity index (χ2n) is 4.37. The Bertz CT molecular complexity index is 319. The fourth-order valence-corrected chi connectivity index (χ4v) is 2.25. The van der Waals surface area contributed by atoms with Crippen LogP contribution < -0.4 is 5.32 Å². The summed E-state index contributed by atoms with van der Waals surface area (Å²) < 4.78 is 11.0. The first-order valence-electron chi connectivity index (χ1n) is 6.01. The summed E-state index contributed by atoms with van der Waals surface area (Å²) >= 11 is 0. The fraction of sp³-hybridized carbons (Fsp3) is 0.750. The molecule has 16 heavy (non-hydrogen) atoms. The molecule has 1 aromatic heterocycles. The summed E-state index contributed by atoms with van der Waals surface area (Å²) in [6.07, 6.45) is 5.34. The molecule has 0 radical (unpaired) electrons. The van der Waals surface area contributed by atoms with E-state index in [9.17, 15) is 0 Å². The highest BCUT2D eigenvalue weighted by molar-refractivity contribution is 5.09. The maximum Gasteiger partial charge on any atom is 0.181 e. The molecule has 0 saturated heterocycles. The summed E-state index contributed by atoms with van der Waals surface area (Å²) in [5, 5.41) is 3.10. The highest BCUT2D eigenvalue weighted by atomic mass is 16.5. The monoisotopic (exact) mass is 224 g/mol. The molecule has 0 amide bonds. The van der Waals surface area contributed by atoms with E-state index in [0.29, 0.717) is 12.0 Å². The van der Waals surface area contributed by atoms with Crippen molar-refractivity contribution in [2.75, 3.05) is 13.7 Å². The molecule has 2 rings (SSSR count). The van der Waals surface area contributed by atoms with Gasteiger partial charge in [0.25, 0.3) is 0 Å². The van der Waals surface area contributed by atoms with Crippen LogP contribution in [0, 0.1) is 5.92 Å². The molecule has 1 aromatic rings. The van der Waals surface area contributed by atoms with Crippen LogP contribution in [0.3, 0.4) is 0 Å². The zero-order chi connectivity index (χ0) is 11.4. The lowest BCUT2D eigenvalue weighted by molar-refractivity contribution is -0.0252. The molecular formula is C12H20N2O2. The van der Waals surface area contributed by atoms with Gasteiger partial charge in [-0.1, -0.05) is 0 Å². The van der Waals surface area contributed by atoms with Crippen molar-refractivity contribution in [3.8, 4) is 0 Å². The van der Waals surface area contributed by atoms with Crippen LogP contribution in [0.15, 0.2) is 10.8 Å². The standard InChI is InChI=1S/C12H20N2O2/c1-3-15-10-4-9(5-10)6-12-11(7-13-2)14-8-16-12/h8-10,13H,3-7H2,1-2H3. The number of hydrogen-bond acceptors (Lipinski definition) is 4.